The Labute approximate surface area is 90.2 Å². The molecule has 2 aliphatic heterocycles. The first-order valence-corrected chi connectivity index (χ1v) is 6.02. The molecule has 4 heteroatoms. The lowest BCUT2D eigenvalue weighted by atomic mass is 9.83. The zero-order chi connectivity index (χ0) is 10.4. The van der Waals surface area contributed by atoms with Gasteiger partial charge in [-0.2, -0.15) is 0 Å². The second kappa shape index (κ2) is 3.46. The van der Waals surface area contributed by atoms with Gasteiger partial charge in [0.25, 0.3) is 0 Å². The zero-order valence-electron chi connectivity index (χ0n) is 8.98. The van der Waals surface area contributed by atoms with Crippen molar-refractivity contribution in [3.8, 4) is 0 Å². The Bertz CT molecular complexity index is 269. The second-order valence-corrected chi connectivity index (χ2v) is 5.28. The minimum absolute atomic E-state index is 0.0347. The molecule has 1 aliphatic carbocycles. The Hall–Kier alpha value is -0.610. The van der Waals surface area contributed by atoms with Gasteiger partial charge < -0.3 is 11.1 Å². The molecule has 3 N–H and O–H groups in total. The lowest BCUT2D eigenvalue weighted by Gasteiger charge is -2.46. The van der Waals surface area contributed by atoms with Gasteiger partial charge in [-0.05, 0) is 38.1 Å². The molecule has 3 rings (SSSR count). The van der Waals surface area contributed by atoms with E-state index in [1.807, 2.05) is 0 Å². The van der Waals surface area contributed by atoms with Gasteiger partial charge in [0.1, 0.15) is 0 Å². The number of likely N-dealkylation sites (tertiary alicyclic amines) is 1. The van der Waals surface area contributed by atoms with Gasteiger partial charge in [-0.3, -0.25) is 9.69 Å². The van der Waals surface area contributed by atoms with Crippen LogP contribution in [-0.2, 0) is 4.79 Å². The van der Waals surface area contributed by atoms with E-state index in [2.05, 4.69) is 10.2 Å². The number of primary amides is 1. The van der Waals surface area contributed by atoms with Crippen LogP contribution in [0.3, 0.4) is 0 Å². The molecular weight excluding hydrogens is 190 g/mol. The number of hydrogen-bond donors (Lipinski definition) is 2. The Morgan fingerprint density at radius 1 is 1.33 bits per heavy atom. The van der Waals surface area contributed by atoms with Gasteiger partial charge >= 0.3 is 0 Å². The molecule has 1 saturated carbocycles. The Morgan fingerprint density at radius 3 is 2.80 bits per heavy atom. The van der Waals surface area contributed by atoms with Crippen LogP contribution in [0.5, 0.6) is 0 Å². The Morgan fingerprint density at radius 2 is 2.20 bits per heavy atom. The summed E-state index contributed by atoms with van der Waals surface area (Å²) in [5.74, 6) is 0.704. The van der Waals surface area contributed by atoms with Gasteiger partial charge in [0, 0.05) is 18.6 Å². The van der Waals surface area contributed by atoms with Crippen LogP contribution in [0.25, 0.3) is 0 Å². The highest BCUT2D eigenvalue weighted by Crippen LogP contribution is 2.35. The normalized spacial score (nSPS) is 45.1. The highest BCUT2D eigenvalue weighted by atomic mass is 16.1. The van der Waals surface area contributed by atoms with Gasteiger partial charge in [-0.15, -0.1) is 0 Å². The van der Waals surface area contributed by atoms with Gasteiger partial charge in [-0.25, -0.2) is 0 Å². The molecule has 3 aliphatic rings. The molecule has 84 valence electrons. The SMILES string of the molecule is NC(=O)C1CCN1C1CC2CNC(C2)C1. The molecule has 4 nitrogen and oxygen atoms in total. The van der Waals surface area contributed by atoms with Crippen LogP contribution < -0.4 is 11.1 Å². The predicted octanol–water partition coefficient (Wildman–Crippen LogP) is -0.313. The van der Waals surface area contributed by atoms with Crippen molar-refractivity contribution < 1.29 is 4.79 Å². The Balaban J connectivity index is 1.65. The molecule has 0 aromatic carbocycles. The summed E-state index contributed by atoms with van der Waals surface area (Å²) in [6.45, 7) is 2.24. The van der Waals surface area contributed by atoms with E-state index in [9.17, 15) is 4.79 Å². The molecule has 4 unspecified atom stereocenters. The molecule has 1 amide bonds. The largest absolute Gasteiger partial charge is 0.368 e. The van der Waals surface area contributed by atoms with Crippen molar-refractivity contribution in [3.63, 3.8) is 0 Å². The smallest absolute Gasteiger partial charge is 0.234 e. The minimum Gasteiger partial charge on any atom is -0.368 e. The number of nitrogens with one attached hydrogen (secondary N) is 1. The fourth-order valence-corrected chi connectivity index (χ4v) is 3.49. The fourth-order valence-electron chi connectivity index (χ4n) is 3.49. The average molecular weight is 209 g/mol. The first-order chi connectivity index (χ1) is 7.24. The maximum Gasteiger partial charge on any atom is 0.234 e. The quantitative estimate of drug-likeness (QED) is 0.655. The molecule has 0 radical (unpaired) electrons. The molecule has 15 heavy (non-hydrogen) atoms. The van der Waals surface area contributed by atoms with Crippen LogP contribution in [0.15, 0.2) is 0 Å². The molecule has 2 heterocycles. The highest BCUT2D eigenvalue weighted by molar-refractivity contribution is 5.80. The molecule has 4 atom stereocenters. The van der Waals surface area contributed by atoms with Crippen LogP contribution in [0, 0.1) is 5.92 Å². The third-order valence-electron chi connectivity index (χ3n) is 4.33. The lowest BCUT2D eigenvalue weighted by molar-refractivity contribution is -0.130. The molecule has 2 saturated heterocycles. The van der Waals surface area contributed by atoms with Crippen molar-refractivity contribution >= 4 is 5.91 Å². The van der Waals surface area contributed by atoms with Crippen LogP contribution in [0.1, 0.15) is 25.7 Å². The van der Waals surface area contributed by atoms with E-state index in [0.29, 0.717) is 12.1 Å². The van der Waals surface area contributed by atoms with E-state index in [1.165, 1.54) is 25.8 Å². The van der Waals surface area contributed by atoms with E-state index in [-0.39, 0.29) is 11.9 Å². The first kappa shape index (κ1) is 9.60. The topological polar surface area (TPSA) is 58.4 Å². The molecule has 2 bridgehead atoms. The van der Waals surface area contributed by atoms with Gasteiger partial charge in [0.05, 0.1) is 6.04 Å². The van der Waals surface area contributed by atoms with E-state index in [0.717, 1.165) is 18.9 Å². The standard InChI is InChI=1S/C11H19N3O/c12-11(15)10-1-2-14(10)9-4-7-3-8(5-9)13-6-7/h7-10,13H,1-6H2,(H2,12,15). The van der Waals surface area contributed by atoms with Crippen molar-refractivity contribution in [3.05, 3.63) is 0 Å². The summed E-state index contributed by atoms with van der Waals surface area (Å²) in [5, 5.41) is 3.55. The number of rotatable bonds is 2. The van der Waals surface area contributed by atoms with Gasteiger partial charge in [0.2, 0.25) is 5.91 Å². The fraction of sp³-hybridized carbons (Fsp3) is 0.909. The van der Waals surface area contributed by atoms with Crippen LogP contribution in [0.4, 0.5) is 0 Å². The zero-order valence-corrected chi connectivity index (χ0v) is 8.98. The van der Waals surface area contributed by atoms with Crippen molar-refractivity contribution in [2.75, 3.05) is 13.1 Å². The van der Waals surface area contributed by atoms with E-state index in [4.69, 9.17) is 5.73 Å². The molecule has 3 fully saturated rings. The first-order valence-electron chi connectivity index (χ1n) is 6.02. The summed E-state index contributed by atoms with van der Waals surface area (Å²) in [6, 6.07) is 1.34. The third-order valence-corrected chi connectivity index (χ3v) is 4.33. The van der Waals surface area contributed by atoms with Gasteiger partial charge in [0.15, 0.2) is 0 Å². The van der Waals surface area contributed by atoms with Crippen molar-refractivity contribution in [1.82, 2.24) is 10.2 Å². The summed E-state index contributed by atoms with van der Waals surface area (Å²) in [5.41, 5.74) is 5.38. The summed E-state index contributed by atoms with van der Waals surface area (Å²) >= 11 is 0. The number of carbonyl (C=O) groups excluding carboxylic acids is 1. The monoisotopic (exact) mass is 209 g/mol. The molecule has 0 aromatic rings. The summed E-state index contributed by atoms with van der Waals surface area (Å²) in [7, 11) is 0. The number of carbonyl (C=O) groups is 1. The lowest BCUT2D eigenvalue weighted by Crippen LogP contribution is -2.60. The minimum atomic E-state index is -0.132. The number of nitrogens with two attached hydrogens (primary N) is 1. The molecule has 0 spiro atoms. The van der Waals surface area contributed by atoms with Crippen LogP contribution in [0.2, 0.25) is 0 Å². The Kier molecular flexibility index (Phi) is 2.21. The highest BCUT2D eigenvalue weighted by Gasteiger charge is 2.43. The maximum atomic E-state index is 11.2. The second-order valence-electron chi connectivity index (χ2n) is 5.28. The van der Waals surface area contributed by atoms with E-state index in [1.54, 1.807) is 0 Å². The van der Waals surface area contributed by atoms with Crippen molar-refractivity contribution in [2.45, 2.75) is 43.8 Å². The number of nitrogens with zero attached hydrogens (tertiary/aromatic N) is 1. The van der Waals surface area contributed by atoms with Crippen molar-refractivity contribution in [1.29, 1.82) is 0 Å². The van der Waals surface area contributed by atoms with E-state index < -0.39 is 0 Å². The predicted molar refractivity (Wildman–Crippen MR) is 57.2 cm³/mol. The number of fused-ring (bicyclic) bond motifs is 2. The van der Waals surface area contributed by atoms with Crippen LogP contribution >= 0.6 is 0 Å². The maximum absolute atomic E-state index is 11.2. The molecular formula is C11H19N3O. The van der Waals surface area contributed by atoms with E-state index >= 15 is 0 Å². The summed E-state index contributed by atoms with van der Waals surface area (Å²) in [4.78, 5) is 13.5. The third kappa shape index (κ3) is 1.56. The molecule has 0 aromatic heterocycles. The number of hydrogen-bond acceptors (Lipinski definition) is 3. The van der Waals surface area contributed by atoms with Gasteiger partial charge in [-0.1, -0.05) is 0 Å². The number of amides is 1. The average Bonchev–Trinajstić information content (AvgIpc) is 2.42. The summed E-state index contributed by atoms with van der Waals surface area (Å²) in [6.07, 6.45) is 4.77. The van der Waals surface area contributed by atoms with Crippen LogP contribution in [-0.4, -0.2) is 42.0 Å². The van der Waals surface area contributed by atoms with Crippen molar-refractivity contribution in [2.24, 2.45) is 11.7 Å². The summed E-state index contributed by atoms with van der Waals surface area (Å²) < 4.78 is 0.